The molecular weight excluding hydrogens is 561 g/mol. The van der Waals surface area contributed by atoms with Crippen LogP contribution in [-0.4, -0.2) is 21.5 Å². The summed E-state index contributed by atoms with van der Waals surface area (Å²) in [6.45, 7) is 0. The maximum atomic E-state index is 11.2. The number of benzene rings is 2. The van der Waals surface area contributed by atoms with E-state index in [9.17, 15) is 4.79 Å². The Hall–Kier alpha value is -3.40. The van der Waals surface area contributed by atoms with E-state index in [2.05, 4.69) is 27.1 Å². The fraction of sp³-hybridized carbons (Fsp3) is 0.154. The molecule has 4 rings (SSSR count). The lowest BCUT2D eigenvalue weighted by Gasteiger charge is -2.06. The van der Waals surface area contributed by atoms with Gasteiger partial charge in [0.25, 0.3) is 0 Å². The second kappa shape index (κ2) is 14.7. The summed E-state index contributed by atoms with van der Waals surface area (Å²) in [5.74, 6) is 0.774. The third-order valence-corrected chi connectivity index (χ3v) is 4.71. The number of carbonyl (C=O) groups is 1. The number of halogens is 2. The van der Waals surface area contributed by atoms with Gasteiger partial charge in [0.15, 0.2) is 5.78 Å². The van der Waals surface area contributed by atoms with Crippen LogP contribution >= 0.6 is 35.6 Å². The van der Waals surface area contributed by atoms with E-state index in [1.807, 2.05) is 24.3 Å². The van der Waals surface area contributed by atoms with Gasteiger partial charge in [0.2, 0.25) is 0 Å². The van der Waals surface area contributed by atoms with Crippen molar-refractivity contribution in [2.24, 2.45) is 4.99 Å². The van der Waals surface area contributed by atoms with E-state index in [-0.39, 0.29) is 37.2 Å². The molecule has 0 amide bonds. The van der Waals surface area contributed by atoms with E-state index in [1.54, 1.807) is 42.7 Å². The van der Waals surface area contributed by atoms with Crippen LogP contribution < -0.4 is 0 Å². The van der Waals surface area contributed by atoms with Crippen LogP contribution in [0.3, 0.4) is 0 Å². The highest BCUT2D eigenvalue weighted by Gasteiger charge is 2.09. The summed E-state index contributed by atoms with van der Waals surface area (Å²) in [4.78, 5) is 23.5. The molecule has 1 aliphatic rings. The van der Waals surface area contributed by atoms with Crippen molar-refractivity contribution in [3.63, 3.8) is 0 Å². The van der Waals surface area contributed by atoms with Crippen molar-refractivity contribution in [3.05, 3.63) is 106 Å². The second-order valence-electron chi connectivity index (χ2n) is 6.92. The minimum Gasteiger partial charge on any atom is -0.294 e. The zero-order valence-corrected chi connectivity index (χ0v) is 20.6. The summed E-state index contributed by atoms with van der Waals surface area (Å²) in [6.07, 6.45) is 6.35. The topological polar surface area (TPSA) is 103 Å². The van der Waals surface area contributed by atoms with Crippen molar-refractivity contribution in [2.45, 2.75) is 26.7 Å². The third kappa shape index (κ3) is 9.22. The van der Waals surface area contributed by atoms with E-state index in [0.29, 0.717) is 41.4 Å². The van der Waals surface area contributed by atoms with Gasteiger partial charge in [-0.3, -0.25) is 9.79 Å². The van der Waals surface area contributed by atoms with E-state index in [4.69, 9.17) is 22.1 Å². The highest BCUT2D eigenvalue weighted by atomic mass is 127. The first-order chi connectivity index (χ1) is 15.6. The first-order valence-corrected chi connectivity index (χ1v) is 10.1. The third-order valence-electron chi connectivity index (χ3n) is 4.50. The Kier molecular flexibility index (Phi) is 12.4. The van der Waals surface area contributed by atoms with Crippen molar-refractivity contribution in [2.75, 3.05) is 0 Å². The summed E-state index contributed by atoms with van der Waals surface area (Å²) in [6, 6.07) is 20.5. The lowest BCUT2D eigenvalue weighted by molar-refractivity contribution is -0.113. The largest absolute Gasteiger partial charge is 0.294 e. The molecule has 172 valence electrons. The molecule has 0 saturated carbocycles. The van der Waals surface area contributed by atoms with Gasteiger partial charge < -0.3 is 0 Å². The summed E-state index contributed by atoms with van der Waals surface area (Å²) < 4.78 is 0. The van der Waals surface area contributed by atoms with Gasteiger partial charge in [-0.05, 0) is 47.5 Å². The molecule has 0 fully saturated rings. The predicted molar refractivity (Wildman–Crippen MR) is 144 cm³/mol. The Morgan fingerprint density at radius 1 is 0.882 bits per heavy atom. The maximum Gasteiger partial charge on any atom is 0.162 e. The first kappa shape index (κ1) is 28.6. The van der Waals surface area contributed by atoms with Gasteiger partial charge in [-0.2, -0.15) is 10.5 Å². The van der Waals surface area contributed by atoms with Crippen molar-refractivity contribution in [3.8, 4) is 12.1 Å². The molecule has 3 aromatic rings. The minimum absolute atomic E-state index is 0. The summed E-state index contributed by atoms with van der Waals surface area (Å²) in [7, 11) is 0. The summed E-state index contributed by atoms with van der Waals surface area (Å²) in [5.41, 5.74) is 4.29. The number of aliphatic imine (C=N–C) groups is 1. The lowest BCUT2D eigenvalue weighted by atomic mass is 10.0. The van der Waals surface area contributed by atoms with E-state index >= 15 is 0 Å². The number of hydrogen-bond donors (Lipinski definition) is 0. The Bertz CT molecular complexity index is 1240. The summed E-state index contributed by atoms with van der Waals surface area (Å²) >= 11 is 5.76. The predicted octanol–water partition coefficient (Wildman–Crippen LogP) is 5.87. The molecule has 8 heteroatoms. The molecule has 2 aromatic carbocycles. The number of allylic oxidation sites excluding steroid dienone is 1. The second-order valence-corrected chi connectivity index (χ2v) is 7.31. The average Bonchev–Trinajstić information content (AvgIpc) is 2.81. The number of ketones is 1. The zero-order chi connectivity index (χ0) is 22.8. The number of hydrogen-bond acceptors (Lipinski definition) is 6. The lowest BCUT2D eigenvalue weighted by Crippen LogP contribution is -2.11. The number of nitrogens with zero attached hydrogens (tertiary/aromatic N) is 5. The fourth-order valence-corrected chi connectivity index (χ4v) is 3.07. The Morgan fingerprint density at radius 3 is 1.94 bits per heavy atom. The quantitative estimate of drug-likeness (QED) is 0.282. The van der Waals surface area contributed by atoms with Gasteiger partial charge in [0, 0.05) is 37.4 Å². The molecule has 1 aliphatic heterocycles. The normalized spacial score (nSPS) is 11.4. The van der Waals surface area contributed by atoms with Crippen molar-refractivity contribution >= 4 is 47.1 Å². The number of nitriles is 2. The Morgan fingerprint density at radius 2 is 1.44 bits per heavy atom. The molecule has 0 atom stereocenters. The molecule has 0 unspecified atom stereocenters. The molecule has 0 aliphatic carbocycles. The Labute approximate surface area is 221 Å². The Balaban J connectivity index is 0.000000321. The molecule has 0 saturated heterocycles. The van der Waals surface area contributed by atoms with Crippen LogP contribution in [0.5, 0.6) is 0 Å². The van der Waals surface area contributed by atoms with Crippen LogP contribution in [-0.2, 0) is 17.6 Å². The van der Waals surface area contributed by atoms with Crippen LogP contribution in [0, 0.1) is 22.7 Å². The fourth-order valence-electron chi connectivity index (χ4n) is 2.91. The van der Waals surface area contributed by atoms with E-state index in [1.165, 1.54) is 6.08 Å². The van der Waals surface area contributed by atoms with Crippen LogP contribution in [0.15, 0.2) is 78.1 Å². The number of rotatable bonds is 4. The molecular formula is C26H23ClIN5O. The zero-order valence-electron chi connectivity index (χ0n) is 17.5. The van der Waals surface area contributed by atoms with Crippen LogP contribution in [0.2, 0.25) is 5.15 Å². The average molecular weight is 584 g/mol. The summed E-state index contributed by atoms with van der Waals surface area (Å²) in [5, 5.41) is 17.8. The maximum absolute atomic E-state index is 11.2. The van der Waals surface area contributed by atoms with Gasteiger partial charge in [0.05, 0.1) is 23.3 Å². The monoisotopic (exact) mass is 583 g/mol. The van der Waals surface area contributed by atoms with E-state index in [0.717, 1.165) is 16.8 Å². The van der Waals surface area contributed by atoms with Crippen LogP contribution in [0.4, 0.5) is 0 Å². The minimum atomic E-state index is 0. The highest BCUT2D eigenvalue weighted by molar-refractivity contribution is 14.0. The van der Waals surface area contributed by atoms with Crippen molar-refractivity contribution in [1.82, 2.24) is 9.97 Å². The first-order valence-electron chi connectivity index (χ1n) is 9.76. The smallest absolute Gasteiger partial charge is 0.162 e. The van der Waals surface area contributed by atoms with Gasteiger partial charge in [0.1, 0.15) is 11.0 Å². The number of carbonyl (C=O) groups excluding carboxylic acids is 1. The van der Waals surface area contributed by atoms with Crippen LogP contribution in [0.25, 0.3) is 0 Å². The molecule has 2 heterocycles. The number of aromatic nitrogens is 2. The van der Waals surface area contributed by atoms with Gasteiger partial charge in [-0.1, -0.05) is 43.3 Å². The van der Waals surface area contributed by atoms with Crippen LogP contribution in [0.1, 0.15) is 41.9 Å². The van der Waals surface area contributed by atoms with Gasteiger partial charge in [-0.25, -0.2) is 9.97 Å². The molecule has 6 nitrogen and oxygen atoms in total. The molecule has 0 N–H and O–H groups in total. The van der Waals surface area contributed by atoms with Crippen molar-refractivity contribution in [1.29, 1.82) is 10.5 Å². The standard InChI is InChI=1S/C13H10N2O.C12H8ClN3.CH4.HI/c14-9-11-3-1-10(2-4-11)7-12-8-13(16)5-6-15-12;13-11-5-6-15-12(16-11)7-9-1-3-10(8-14)4-2-9;;/h1-6H,7-8H2;1-6H,7H2;1H4;1H. The molecule has 0 bridgehead atoms. The van der Waals surface area contributed by atoms with Gasteiger partial charge in [-0.15, -0.1) is 24.0 Å². The van der Waals surface area contributed by atoms with Crippen molar-refractivity contribution < 1.29 is 4.79 Å². The molecule has 34 heavy (non-hydrogen) atoms. The molecule has 1 aromatic heterocycles. The highest BCUT2D eigenvalue weighted by Crippen LogP contribution is 2.10. The SMILES string of the molecule is C.I.N#Cc1ccc(CC2=NC=CC(=O)C2)cc1.N#Cc1ccc(Cc2nccc(Cl)n2)cc1. The van der Waals surface area contributed by atoms with Gasteiger partial charge >= 0.3 is 0 Å². The molecule has 0 spiro atoms. The molecule has 0 radical (unpaired) electrons. The van der Waals surface area contributed by atoms with E-state index < -0.39 is 0 Å².